The van der Waals surface area contributed by atoms with E-state index >= 15 is 0 Å². The Morgan fingerprint density at radius 3 is 2.73 bits per heavy atom. The van der Waals surface area contributed by atoms with Gasteiger partial charge in [0.05, 0.1) is 13.2 Å². The number of methoxy groups -OCH3 is 1. The largest absolute Gasteiger partial charge is 0.383 e. The van der Waals surface area contributed by atoms with Crippen LogP contribution >= 0.6 is 0 Å². The molecule has 6 nitrogen and oxygen atoms in total. The minimum absolute atomic E-state index is 0.625. The summed E-state index contributed by atoms with van der Waals surface area (Å²) in [5, 5.41) is 8.83. The standard InChI is InChI=1S/C16H29N5O/c1-4-14-11-20(7-8-21(14)9-10-22-3)12-15-17-18-16(19(15)2)13-5-6-13/h13-14H,4-12H2,1-3H3/t14-/m1/s1. The van der Waals surface area contributed by atoms with Crippen LogP contribution in [0.3, 0.4) is 0 Å². The Morgan fingerprint density at radius 1 is 1.23 bits per heavy atom. The topological polar surface area (TPSA) is 46.4 Å². The van der Waals surface area contributed by atoms with Crippen LogP contribution in [-0.4, -0.2) is 70.5 Å². The van der Waals surface area contributed by atoms with Crippen LogP contribution in [0.1, 0.15) is 43.8 Å². The average molecular weight is 307 g/mol. The predicted molar refractivity (Wildman–Crippen MR) is 85.8 cm³/mol. The lowest BCUT2D eigenvalue weighted by Gasteiger charge is -2.40. The van der Waals surface area contributed by atoms with Gasteiger partial charge in [-0.25, -0.2) is 0 Å². The molecule has 0 spiro atoms. The summed E-state index contributed by atoms with van der Waals surface area (Å²) >= 11 is 0. The van der Waals surface area contributed by atoms with E-state index in [4.69, 9.17) is 4.74 Å². The van der Waals surface area contributed by atoms with Gasteiger partial charge in [-0.2, -0.15) is 0 Å². The maximum atomic E-state index is 5.23. The van der Waals surface area contributed by atoms with Gasteiger partial charge in [-0.15, -0.1) is 10.2 Å². The zero-order chi connectivity index (χ0) is 15.5. The molecule has 1 atom stereocenters. The molecule has 1 aliphatic heterocycles. The van der Waals surface area contributed by atoms with E-state index in [1.807, 2.05) is 0 Å². The summed E-state index contributed by atoms with van der Waals surface area (Å²) in [6.07, 6.45) is 3.75. The van der Waals surface area contributed by atoms with Crippen molar-refractivity contribution in [3.05, 3.63) is 11.6 Å². The van der Waals surface area contributed by atoms with Crippen LogP contribution in [0, 0.1) is 0 Å². The number of nitrogens with zero attached hydrogens (tertiary/aromatic N) is 5. The molecule has 0 N–H and O–H groups in total. The fraction of sp³-hybridized carbons (Fsp3) is 0.875. The van der Waals surface area contributed by atoms with Crippen molar-refractivity contribution in [1.29, 1.82) is 0 Å². The number of hydrogen-bond acceptors (Lipinski definition) is 5. The van der Waals surface area contributed by atoms with Gasteiger partial charge in [0, 0.05) is 52.3 Å². The Bertz CT molecular complexity index is 485. The molecule has 1 aliphatic carbocycles. The second-order valence-corrected chi connectivity index (χ2v) is 6.63. The van der Waals surface area contributed by atoms with Crippen molar-refractivity contribution in [3.63, 3.8) is 0 Å². The zero-order valence-electron chi connectivity index (χ0n) is 14.2. The lowest BCUT2D eigenvalue weighted by molar-refractivity contribution is 0.0451. The first-order valence-electron chi connectivity index (χ1n) is 8.56. The van der Waals surface area contributed by atoms with Crippen molar-refractivity contribution in [2.75, 3.05) is 39.9 Å². The van der Waals surface area contributed by atoms with Gasteiger partial charge in [-0.3, -0.25) is 9.80 Å². The van der Waals surface area contributed by atoms with Crippen molar-refractivity contribution in [2.45, 2.75) is 44.7 Å². The summed E-state index contributed by atoms with van der Waals surface area (Å²) < 4.78 is 7.45. The molecule has 1 aromatic rings. The molecule has 2 fully saturated rings. The summed E-state index contributed by atoms with van der Waals surface area (Å²) in [7, 11) is 3.90. The maximum Gasteiger partial charge on any atom is 0.146 e. The van der Waals surface area contributed by atoms with Crippen molar-refractivity contribution < 1.29 is 4.74 Å². The van der Waals surface area contributed by atoms with E-state index in [9.17, 15) is 0 Å². The van der Waals surface area contributed by atoms with Gasteiger partial charge in [0.1, 0.15) is 11.6 Å². The summed E-state index contributed by atoms with van der Waals surface area (Å²) in [4.78, 5) is 5.09. The Hall–Kier alpha value is -0.980. The van der Waals surface area contributed by atoms with Crippen LogP contribution in [0.15, 0.2) is 0 Å². The van der Waals surface area contributed by atoms with Gasteiger partial charge in [-0.1, -0.05) is 6.92 Å². The van der Waals surface area contributed by atoms with Crippen molar-refractivity contribution in [1.82, 2.24) is 24.6 Å². The third-order valence-corrected chi connectivity index (χ3v) is 5.05. The number of piperazine rings is 1. The minimum atomic E-state index is 0.625. The second-order valence-electron chi connectivity index (χ2n) is 6.63. The van der Waals surface area contributed by atoms with E-state index in [2.05, 4.69) is 38.5 Å². The highest BCUT2D eigenvalue weighted by Gasteiger charge is 2.30. The molecule has 6 heteroatoms. The first-order valence-corrected chi connectivity index (χ1v) is 8.56. The van der Waals surface area contributed by atoms with Crippen LogP contribution in [-0.2, 0) is 18.3 Å². The van der Waals surface area contributed by atoms with E-state index in [1.54, 1.807) is 7.11 Å². The molecule has 1 aromatic heterocycles. The van der Waals surface area contributed by atoms with Gasteiger partial charge in [0.25, 0.3) is 0 Å². The van der Waals surface area contributed by atoms with Crippen LogP contribution < -0.4 is 0 Å². The van der Waals surface area contributed by atoms with Crippen molar-refractivity contribution in [2.24, 2.45) is 7.05 Å². The molecular formula is C16H29N5O. The van der Waals surface area contributed by atoms with E-state index in [0.717, 1.165) is 45.2 Å². The highest BCUT2D eigenvalue weighted by atomic mass is 16.5. The molecule has 3 rings (SSSR count). The summed E-state index contributed by atoms with van der Waals surface area (Å²) in [5.74, 6) is 2.96. The van der Waals surface area contributed by atoms with E-state index in [0.29, 0.717) is 12.0 Å². The third-order valence-electron chi connectivity index (χ3n) is 5.05. The number of rotatable bonds is 7. The third kappa shape index (κ3) is 3.50. The lowest BCUT2D eigenvalue weighted by atomic mass is 10.1. The number of ether oxygens (including phenoxy) is 1. The first-order chi connectivity index (χ1) is 10.7. The van der Waals surface area contributed by atoms with Crippen LogP contribution in [0.2, 0.25) is 0 Å². The van der Waals surface area contributed by atoms with Crippen LogP contribution in [0.5, 0.6) is 0 Å². The van der Waals surface area contributed by atoms with Gasteiger partial charge in [-0.05, 0) is 19.3 Å². The Labute approximate surface area is 133 Å². The van der Waals surface area contributed by atoms with Gasteiger partial charge in [0.2, 0.25) is 0 Å². The number of aromatic nitrogens is 3. The van der Waals surface area contributed by atoms with Gasteiger partial charge >= 0.3 is 0 Å². The molecule has 124 valence electrons. The maximum absolute atomic E-state index is 5.23. The van der Waals surface area contributed by atoms with Crippen LogP contribution in [0.4, 0.5) is 0 Å². The molecule has 1 saturated heterocycles. The Morgan fingerprint density at radius 2 is 2.05 bits per heavy atom. The summed E-state index contributed by atoms with van der Waals surface area (Å²) in [6.45, 7) is 8.41. The fourth-order valence-electron chi connectivity index (χ4n) is 3.40. The van der Waals surface area contributed by atoms with Crippen molar-refractivity contribution in [3.8, 4) is 0 Å². The highest BCUT2D eigenvalue weighted by molar-refractivity contribution is 5.07. The summed E-state index contributed by atoms with van der Waals surface area (Å²) in [6, 6.07) is 0.625. The molecular weight excluding hydrogens is 278 g/mol. The monoisotopic (exact) mass is 307 g/mol. The first kappa shape index (κ1) is 15.9. The smallest absolute Gasteiger partial charge is 0.146 e. The highest BCUT2D eigenvalue weighted by Crippen LogP contribution is 2.38. The van der Waals surface area contributed by atoms with Crippen molar-refractivity contribution >= 4 is 0 Å². The van der Waals surface area contributed by atoms with Gasteiger partial charge < -0.3 is 9.30 Å². The molecule has 22 heavy (non-hydrogen) atoms. The quantitative estimate of drug-likeness (QED) is 0.758. The molecule has 1 saturated carbocycles. The molecule has 0 radical (unpaired) electrons. The lowest BCUT2D eigenvalue weighted by Crippen LogP contribution is -2.53. The predicted octanol–water partition coefficient (Wildman–Crippen LogP) is 1.24. The van der Waals surface area contributed by atoms with E-state index in [1.165, 1.54) is 25.1 Å². The van der Waals surface area contributed by atoms with E-state index < -0.39 is 0 Å². The molecule has 2 heterocycles. The normalized spacial score (nSPS) is 24.0. The summed E-state index contributed by atoms with van der Waals surface area (Å²) in [5.41, 5.74) is 0. The molecule has 2 aliphatic rings. The molecule has 0 amide bonds. The molecule has 0 unspecified atom stereocenters. The Kier molecular flexibility index (Phi) is 5.10. The fourth-order valence-corrected chi connectivity index (χ4v) is 3.40. The molecule has 0 aromatic carbocycles. The molecule has 0 bridgehead atoms. The number of hydrogen-bond donors (Lipinski definition) is 0. The second kappa shape index (κ2) is 7.06. The minimum Gasteiger partial charge on any atom is -0.383 e. The average Bonchev–Trinajstić information content (AvgIpc) is 3.31. The SMILES string of the molecule is CC[C@@H]1CN(Cc2nnc(C3CC3)n2C)CCN1CCOC. The van der Waals surface area contributed by atoms with Crippen LogP contribution in [0.25, 0.3) is 0 Å². The van der Waals surface area contributed by atoms with Gasteiger partial charge in [0.15, 0.2) is 0 Å². The Balaban J connectivity index is 1.57. The van der Waals surface area contributed by atoms with E-state index in [-0.39, 0.29) is 0 Å². The zero-order valence-corrected chi connectivity index (χ0v) is 14.2.